The van der Waals surface area contributed by atoms with Gasteiger partial charge in [0.1, 0.15) is 0 Å². The van der Waals surface area contributed by atoms with E-state index in [0.29, 0.717) is 23.9 Å². The fraction of sp³-hybridized carbons (Fsp3) is 0.667. The predicted octanol–water partition coefficient (Wildman–Crippen LogP) is 2.47. The third kappa shape index (κ3) is 4.53. The SMILES string of the molecule is CC1CN(C)C(C)CC1NCC(CCO)c1ccccc1. The highest BCUT2D eigenvalue weighted by atomic mass is 16.3. The maximum atomic E-state index is 9.33. The summed E-state index contributed by atoms with van der Waals surface area (Å²) in [7, 11) is 2.22. The summed E-state index contributed by atoms with van der Waals surface area (Å²) in [5.41, 5.74) is 1.33. The Bertz CT molecular complexity index is 409. The fourth-order valence-electron chi connectivity index (χ4n) is 3.39. The van der Waals surface area contributed by atoms with Crippen molar-refractivity contribution in [2.24, 2.45) is 5.92 Å². The average molecular weight is 290 g/mol. The van der Waals surface area contributed by atoms with Crippen molar-refractivity contribution in [2.45, 2.75) is 44.7 Å². The van der Waals surface area contributed by atoms with Crippen molar-refractivity contribution >= 4 is 0 Å². The van der Waals surface area contributed by atoms with Crippen molar-refractivity contribution in [1.29, 1.82) is 0 Å². The van der Waals surface area contributed by atoms with Gasteiger partial charge in [-0.25, -0.2) is 0 Å². The zero-order valence-electron chi connectivity index (χ0n) is 13.6. The second-order valence-electron chi connectivity index (χ2n) is 6.64. The van der Waals surface area contributed by atoms with Gasteiger partial charge in [0, 0.05) is 31.8 Å². The highest BCUT2D eigenvalue weighted by molar-refractivity contribution is 5.19. The standard InChI is InChI=1S/C18H30N2O/c1-14-13-20(3)15(2)11-18(14)19-12-17(9-10-21)16-7-5-4-6-8-16/h4-8,14-15,17-19,21H,9-13H2,1-3H3. The van der Waals surface area contributed by atoms with E-state index in [1.165, 1.54) is 12.0 Å². The molecular weight excluding hydrogens is 260 g/mol. The molecule has 1 aromatic rings. The van der Waals surface area contributed by atoms with Crippen LogP contribution in [0.5, 0.6) is 0 Å². The van der Waals surface area contributed by atoms with Crippen molar-refractivity contribution in [2.75, 3.05) is 26.7 Å². The van der Waals surface area contributed by atoms with Crippen LogP contribution in [0, 0.1) is 5.92 Å². The largest absolute Gasteiger partial charge is 0.396 e. The lowest BCUT2D eigenvalue weighted by atomic mass is 9.88. The maximum absolute atomic E-state index is 9.33. The first-order valence-corrected chi connectivity index (χ1v) is 8.21. The molecule has 2 N–H and O–H groups in total. The van der Waals surface area contributed by atoms with Crippen LogP contribution >= 0.6 is 0 Å². The molecule has 1 aromatic carbocycles. The first-order chi connectivity index (χ1) is 10.1. The molecule has 21 heavy (non-hydrogen) atoms. The molecule has 0 aromatic heterocycles. The van der Waals surface area contributed by atoms with Crippen LogP contribution in [0.3, 0.4) is 0 Å². The Morgan fingerprint density at radius 1 is 1.29 bits per heavy atom. The number of piperidine rings is 1. The molecule has 1 aliphatic rings. The molecule has 1 heterocycles. The monoisotopic (exact) mass is 290 g/mol. The highest BCUT2D eigenvalue weighted by Gasteiger charge is 2.28. The first-order valence-electron chi connectivity index (χ1n) is 8.21. The van der Waals surface area contributed by atoms with Crippen LogP contribution in [0.4, 0.5) is 0 Å². The van der Waals surface area contributed by atoms with Gasteiger partial charge < -0.3 is 15.3 Å². The molecule has 3 heteroatoms. The van der Waals surface area contributed by atoms with Crippen LogP contribution in [0.15, 0.2) is 30.3 Å². The summed E-state index contributed by atoms with van der Waals surface area (Å²) in [5, 5.41) is 13.1. The minimum atomic E-state index is 0.251. The topological polar surface area (TPSA) is 35.5 Å². The van der Waals surface area contributed by atoms with Gasteiger partial charge in [-0.05, 0) is 44.2 Å². The summed E-state index contributed by atoms with van der Waals surface area (Å²) >= 11 is 0. The van der Waals surface area contributed by atoms with E-state index < -0.39 is 0 Å². The lowest BCUT2D eigenvalue weighted by molar-refractivity contribution is 0.120. The van der Waals surface area contributed by atoms with Crippen LogP contribution in [-0.2, 0) is 0 Å². The van der Waals surface area contributed by atoms with Gasteiger partial charge in [0.25, 0.3) is 0 Å². The molecule has 1 aliphatic heterocycles. The molecule has 0 bridgehead atoms. The Morgan fingerprint density at radius 3 is 2.67 bits per heavy atom. The molecular formula is C18H30N2O. The summed E-state index contributed by atoms with van der Waals surface area (Å²) in [6.07, 6.45) is 2.03. The van der Waals surface area contributed by atoms with Gasteiger partial charge in [0.15, 0.2) is 0 Å². The third-order valence-corrected chi connectivity index (χ3v) is 4.99. The van der Waals surface area contributed by atoms with Crippen LogP contribution in [-0.4, -0.2) is 48.8 Å². The second-order valence-corrected chi connectivity index (χ2v) is 6.64. The van der Waals surface area contributed by atoms with Crippen molar-refractivity contribution in [3.8, 4) is 0 Å². The quantitative estimate of drug-likeness (QED) is 0.845. The lowest BCUT2D eigenvalue weighted by Crippen LogP contribution is -2.51. The highest BCUT2D eigenvalue weighted by Crippen LogP contribution is 2.23. The molecule has 0 aliphatic carbocycles. The number of hydrogen-bond donors (Lipinski definition) is 2. The van der Waals surface area contributed by atoms with Crippen molar-refractivity contribution < 1.29 is 5.11 Å². The molecule has 118 valence electrons. The number of likely N-dealkylation sites (tertiary alicyclic amines) is 1. The number of hydrogen-bond acceptors (Lipinski definition) is 3. The van der Waals surface area contributed by atoms with E-state index in [9.17, 15) is 5.11 Å². The van der Waals surface area contributed by atoms with Crippen molar-refractivity contribution in [1.82, 2.24) is 10.2 Å². The van der Waals surface area contributed by atoms with E-state index in [4.69, 9.17) is 0 Å². The number of nitrogens with zero attached hydrogens (tertiary/aromatic N) is 1. The Balaban J connectivity index is 1.92. The van der Waals surface area contributed by atoms with E-state index in [2.05, 4.69) is 55.4 Å². The molecule has 4 atom stereocenters. The number of aliphatic hydroxyl groups is 1. The van der Waals surface area contributed by atoms with E-state index in [-0.39, 0.29) is 6.61 Å². The fourth-order valence-corrected chi connectivity index (χ4v) is 3.39. The summed E-state index contributed by atoms with van der Waals surface area (Å²) in [6, 6.07) is 11.8. The summed E-state index contributed by atoms with van der Waals surface area (Å²) < 4.78 is 0. The van der Waals surface area contributed by atoms with Crippen LogP contribution in [0.25, 0.3) is 0 Å². The molecule has 0 amide bonds. The molecule has 0 radical (unpaired) electrons. The Labute approximate surface area is 129 Å². The Kier molecular flexibility index (Phi) is 6.22. The van der Waals surface area contributed by atoms with E-state index in [1.54, 1.807) is 0 Å². The van der Waals surface area contributed by atoms with Crippen molar-refractivity contribution in [3.63, 3.8) is 0 Å². The Hall–Kier alpha value is -0.900. The summed E-state index contributed by atoms with van der Waals surface area (Å²) in [4.78, 5) is 2.45. The number of rotatable bonds is 6. The number of nitrogens with one attached hydrogen (secondary N) is 1. The van der Waals surface area contributed by atoms with E-state index in [0.717, 1.165) is 19.5 Å². The first kappa shape index (κ1) is 16.5. The third-order valence-electron chi connectivity index (χ3n) is 4.99. The average Bonchev–Trinajstić information content (AvgIpc) is 2.49. The van der Waals surface area contributed by atoms with Crippen molar-refractivity contribution in [3.05, 3.63) is 35.9 Å². The molecule has 4 unspecified atom stereocenters. The van der Waals surface area contributed by atoms with Crippen LogP contribution < -0.4 is 5.32 Å². The summed E-state index contributed by atoms with van der Waals surface area (Å²) in [6.45, 7) is 7.01. The number of aliphatic hydroxyl groups excluding tert-OH is 1. The normalized spacial score (nSPS) is 28.5. The van der Waals surface area contributed by atoms with Gasteiger partial charge >= 0.3 is 0 Å². The summed E-state index contributed by atoms with van der Waals surface area (Å²) in [5.74, 6) is 1.08. The minimum Gasteiger partial charge on any atom is -0.396 e. The molecule has 0 spiro atoms. The smallest absolute Gasteiger partial charge is 0.0437 e. The zero-order chi connectivity index (χ0) is 15.2. The zero-order valence-corrected chi connectivity index (χ0v) is 13.6. The van der Waals surface area contributed by atoms with Gasteiger partial charge in [0.2, 0.25) is 0 Å². The maximum Gasteiger partial charge on any atom is 0.0437 e. The van der Waals surface area contributed by atoms with Gasteiger partial charge in [-0.2, -0.15) is 0 Å². The van der Waals surface area contributed by atoms with Gasteiger partial charge in [-0.1, -0.05) is 37.3 Å². The van der Waals surface area contributed by atoms with Crippen LogP contribution in [0.1, 0.15) is 38.2 Å². The number of benzene rings is 1. The van der Waals surface area contributed by atoms with E-state index in [1.807, 2.05) is 6.07 Å². The molecule has 1 saturated heterocycles. The molecule has 3 nitrogen and oxygen atoms in total. The molecule has 0 saturated carbocycles. The van der Waals surface area contributed by atoms with Gasteiger partial charge in [0.05, 0.1) is 0 Å². The van der Waals surface area contributed by atoms with E-state index >= 15 is 0 Å². The molecule has 2 rings (SSSR count). The second kappa shape index (κ2) is 7.92. The molecule has 1 fully saturated rings. The minimum absolute atomic E-state index is 0.251. The Morgan fingerprint density at radius 2 is 2.00 bits per heavy atom. The van der Waals surface area contributed by atoms with Crippen LogP contribution in [0.2, 0.25) is 0 Å². The van der Waals surface area contributed by atoms with Gasteiger partial charge in [-0.3, -0.25) is 0 Å². The van der Waals surface area contributed by atoms with Gasteiger partial charge in [-0.15, -0.1) is 0 Å². The lowest BCUT2D eigenvalue weighted by Gasteiger charge is -2.40. The predicted molar refractivity (Wildman–Crippen MR) is 88.5 cm³/mol.